The van der Waals surface area contributed by atoms with Crippen LogP contribution < -0.4 is 5.56 Å². The first-order valence-electron chi connectivity index (χ1n) is 9.90. The van der Waals surface area contributed by atoms with Gasteiger partial charge in [-0.05, 0) is 47.6 Å². The molecule has 154 valence electrons. The number of hydrogen-bond donors (Lipinski definition) is 1. The Hall–Kier alpha value is -3.25. The van der Waals surface area contributed by atoms with Crippen LogP contribution in [0.3, 0.4) is 0 Å². The summed E-state index contributed by atoms with van der Waals surface area (Å²) in [5, 5.41) is 10.5. The molecule has 1 N–H and O–H groups in total. The minimum atomic E-state index is -0.514. The first-order valence-corrected chi connectivity index (χ1v) is 9.90. The first kappa shape index (κ1) is 20.0. The molecule has 2 heterocycles. The zero-order valence-electron chi connectivity index (χ0n) is 17.5. The number of pyridine rings is 1. The lowest BCUT2D eigenvalue weighted by Gasteiger charge is -2.17. The van der Waals surface area contributed by atoms with Gasteiger partial charge < -0.3 is 9.67 Å². The van der Waals surface area contributed by atoms with Gasteiger partial charge >= 0.3 is 0 Å². The third-order valence-corrected chi connectivity index (χ3v) is 5.52. The van der Waals surface area contributed by atoms with Crippen molar-refractivity contribution in [2.24, 2.45) is 7.05 Å². The number of hydrogen-bond acceptors (Lipinski definition) is 3. The highest BCUT2D eigenvalue weighted by Gasteiger charge is 2.18. The Bertz CT molecular complexity index is 1320. The molecule has 30 heavy (non-hydrogen) atoms. The van der Waals surface area contributed by atoms with Crippen LogP contribution in [-0.2, 0) is 13.7 Å². The van der Waals surface area contributed by atoms with E-state index in [4.69, 9.17) is 0 Å². The molecule has 0 bridgehead atoms. The molecule has 0 radical (unpaired) electrons. The molecule has 0 aliphatic rings. The third kappa shape index (κ3) is 3.23. The number of benzene rings is 2. The van der Waals surface area contributed by atoms with Crippen LogP contribution in [0.4, 0.5) is 4.39 Å². The molecule has 2 aromatic carbocycles. The smallest absolute Gasteiger partial charge is 0.263 e. The van der Waals surface area contributed by atoms with Gasteiger partial charge in [0.1, 0.15) is 18.2 Å². The van der Waals surface area contributed by atoms with E-state index in [0.29, 0.717) is 27.9 Å². The Balaban J connectivity index is 2.03. The number of fused-ring (bicyclic) bond motifs is 1. The van der Waals surface area contributed by atoms with Gasteiger partial charge in [-0.15, -0.1) is 0 Å². The van der Waals surface area contributed by atoms with Gasteiger partial charge in [0.05, 0.1) is 16.8 Å². The molecule has 2 aromatic heterocycles. The highest BCUT2D eigenvalue weighted by Crippen LogP contribution is 2.31. The van der Waals surface area contributed by atoms with Crippen molar-refractivity contribution in [1.82, 2.24) is 14.1 Å². The second kappa shape index (κ2) is 7.54. The van der Waals surface area contributed by atoms with Crippen LogP contribution in [0.15, 0.2) is 53.6 Å². The molecule has 4 aromatic rings. The van der Waals surface area contributed by atoms with E-state index in [-0.39, 0.29) is 18.1 Å². The molecule has 0 unspecified atom stereocenters. The minimum Gasteiger partial charge on any atom is -0.388 e. The molecular formula is C24H24FN3O2. The molecule has 4 rings (SSSR count). The molecule has 6 heteroatoms. The Kier molecular flexibility index (Phi) is 5.03. The third-order valence-electron chi connectivity index (χ3n) is 5.52. The molecule has 0 atom stereocenters. The fraction of sp³-hybridized carbons (Fsp3) is 0.250. The van der Waals surface area contributed by atoms with Gasteiger partial charge in [-0.3, -0.25) is 9.36 Å². The lowest BCUT2D eigenvalue weighted by atomic mass is 9.95. The molecule has 5 nitrogen and oxygen atoms in total. The predicted octanol–water partition coefficient (Wildman–Crippen LogP) is 4.45. The van der Waals surface area contributed by atoms with Crippen LogP contribution >= 0.6 is 0 Å². The second-order valence-corrected chi connectivity index (χ2v) is 7.89. The topological polar surface area (TPSA) is 60.1 Å². The van der Waals surface area contributed by atoms with Gasteiger partial charge in [-0.25, -0.2) is 9.37 Å². The maximum Gasteiger partial charge on any atom is 0.263 e. The first-order chi connectivity index (χ1) is 14.3. The highest BCUT2D eigenvalue weighted by atomic mass is 19.1. The van der Waals surface area contributed by atoms with Crippen molar-refractivity contribution in [1.29, 1.82) is 0 Å². The average Bonchev–Trinajstić information content (AvgIpc) is 3.09. The van der Waals surface area contributed by atoms with Crippen LogP contribution in [0.2, 0.25) is 0 Å². The van der Waals surface area contributed by atoms with E-state index in [9.17, 15) is 9.90 Å². The second-order valence-electron chi connectivity index (χ2n) is 7.89. The maximum absolute atomic E-state index is 15.1. The van der Waals surface area contributed by atoms with Crippen molar-refractivity contribution < 1.29 is 9.50 Å². The van der Waals surface area contributed by atoms with Crippen LogP contribution in [0.1, 0.15) is 36.7 Å². The number of aliphatic hydroxyl groups is 1. The fourth-order valence-electron chi connectivity index (χ4n) is 3.84. The summed E-state index contributed by atoms with van der Waals surface area (Å²) in [7, 11) is 1.75. The molecule has 0 aliphatic heterocycles. The Morgan fingerprint density at radius 1 is 1.13 bits per heavy atom. The number of imidazole rings is 1. The predicted molar refractivity (Wildman–Crippen MR) is 116 cm³/mol. The molecule has 0 saturated heterocycles. The van der Waals surface area contributed by atoms with Crippen molar-refractivity contribution in [3.05, 3.63) is 81.9 Å². The lowest BCUT2D eigenvalue weighted by Crippen LogP contribution is -2.20. The summed E-state index contributed by atoms with van der Waals surface area (Å²) in [5.74, 6) is 0.0568. The summed E-state index contributed by atoms with van der Waals surface area (Å²) in [6.45, 7) is 5.82. The van der Waals surface area contributed by atoms with Gasteiger partial charge in [0.15, 0.2) is 0 Å². The van der Waals surface area contributed by atoms with Crippen LogP contribution in [0.5, 0.6) is 0 Å². The number of halogens is 1. The fourth-order valence-corrected chi connectivity index (χ4v) is 3.84. The van der Waals surface area contributed by atoms with E-state index in [1.165, 1.54) is 6.07 Å². The summed E-state index contributed by atoms with van der Waals surface area (Å²) in [6, 6.07) is 10.7. The standard InChI is InChI=1S/C24H24FN3O2/c1-14(2)19-11-28(22-8-6-5-7-15(22)3)24(30)17-10-20(25)18(9-16(17)19)21-12-27(4)23(13-29)26-21/h5-12,14,29H,13H2,1-4H3. The number of nitrogens with zero attached hydrogens (tertiary/aromatic N) is 3. The van der Waals surface area contributed by atoms with Crippen molar-refractivity contribution in [3.63, 3.8) is 0 Å². The van der Waals surface area contributed by atoms with Crippen molar-refractivity contribution >= 4 is 10.8 Å². The van der Waals surface area contributed by atoms with Gasteiger partial charge in [0.25, 0.3) is 5.56 Å². The quantitative estimate of drug-likeness (QED) is 0.546. The van der Waals surface area contributed by atoms with Crippen LogP contribution in [0, 0.1) is 12.7 Å². The lowest BCUT2D eigenvalue weighted by molar-refractivity contribution is 0.267. The highest BCUT2D eigenvalue weighted by molar-refractivity contribution is 5.89. The normalized spacial score (nSPS) is 11.6. The molecule has 0 fully saturated rings. The van der Waals surface area contributed by atoms with E-state index in [2.05, 4.69) is 18.8 Å². The summed E-state index contributed by atoms with van der Waals surface area (Å²) >= 11 is 0. The molecule has 0 amide bonds. The van der Waals surface area contributed by atoms with E-state index >= 15 is 4.39 Å². The minimum absolute atomic E-state index is 0.124. The van der Waals surface area contributed by atoms with Crippen LogP contribution in [-0.4, -0.2) is 19.2 Å². The number of aromatic nitrogens is 3. The van der Waals surface area contributed by atoms with E-state index < -0.39 is 5.82 Å². The number of rotatable bonds is 4. The molecular weight excluding hydrogens is 381 g/mol. The van der Waals surface area contributed by atoms with Gasteiger partial charge in [-0.1, -0.05) is 32.0 Å². The van der Waals surface area contributed by atoms with Gasteiger partial charge in [0, 0.05) is 25.0 Å². The summed E-state index contributed by atoms with van der Waals surface area (Å²) in [5.41, 5.74) is 3.19. The summed E-state index contributed by atoms with van der Waals surface area (Å²) in [6.07, 6.45) is 3.54. The summed E-state index contributed by atoms with van der Waals surface area (Å²) < 4.78 is 18.4. The van der Waals surface area contributed by atoms with E-state index in [0.717, 1.165) is 16.8 Å². The van der Waals surface area contributed by atoms with Gasteiger partial charge in [-0.2, -0.15) is 0 Å². The molecule has 0 saturated carbocycles. The number of para-hydroxylation sites is 1. The molecule has 0 spiro atoms. The molecule has 0 aliphatic carbocycles. The zero-order chi connectivity index (χ0) is 21.6. The van der Waals surface area contributed by atoms with Crippen LogP contribution in [0.25, 0.3) is 27.7 Å². The Labute approximate surface area is 174 Å². The van der Waals surface area contributed by atoms with Crippen molar-refractivity contribution in [2.75, 3.05) is 0 Å². The number of aliphatic hydroxyl groups excluding tert-OH is 1. The Morgan fingerprint density at radius 3 is 2.50 bits per heavy atom. The van der Waals surface area contributed by atoms with Crippen molar-refractivity contribution in [3.8, 4) is 16.9 Å². The van der Waals surface area contributed by atoms with Gasteiger partial charge in [0.2, 0.25) is 0 Å². The monoisotopic (exact) mass is 405 g/mol. The van der Waals surface area contributed by atoms with Crippen molar-refractivity contribution in [2.45, 2.75) is 33.3 Å². The zero-order valence-corrected chi connectivity index (χ0v) is 17.5. The van der Waals surface area contributed by atoms with E-state index in [1.807, 2.05) is 37.4 Å². The largest absolute Gasteiger partial charge is 0.388 e. The maximum atomic E-state index is 15.1. The van der Waals surface area contributed by atoms with E-state index in [1.54, 1.807) is 28.4 Å². The number of aryl methyl sites for hydroxylation is 2. The summed E-state index contributed by atoms with van der Waals surface area (Å²) in [4.78, 5) is 17.6. The average molecular weight is 405 g/mol. The Morgan fingerprint density at radius 2 is 1.87 bits per heavy atom. The SMILES string of the molecule is Cc1ccccc1-n1cc(C(C)C)c2cc(-c3cn(C)c(CO)n3)c(F)cc2c1=O.